The number of carbonyl (C=O) groups excluding carboxylic acids is 1. The minimum Gasteiger partial charge on any atom is -0.345 e. The van der Waals surface area contributed by atoms with Crippen LogP contribution in [0.25, 0.3) is 0 Å². The average molecular weight is 275 g/mol. The van der Waals surface area contributed by atoms with Crippen LogP contribution in [-0.2, 0) is 11.2 Å². The van der Waals surface area contributed by atoms with Gasteiger partial charge in [0.2, 0.25) is 5.91 Å². The predicted octanol–water partition coefficient (Wildman–Crippen LogP) is 2.00. The highest BCUT2D eigenvalue weighted by Crippen LogP contribution is 2.12. The number of nitrogens with zero attached hydrogens (tertiary/aromatic N) is 2. The van der Waals surface area contributed by atoms with E-state index in [2.05, 4.69) is 10.3 Å². The van der Waals surface area contributed by atoms with Gasteiger partial charge >= 0.3 is 0 Å². The van der Waals surface area contributed by atoms with Gasteiger partial charge in [0.25, 0.3) is 0 Å². The monoisotopic (exact) mass is 275 g/mol. The molecule has 4 heteroatoms. The van der Waals surface area contributed by atoms with Gasteiger partial charge in [-0.05, 0) is 37.9 Å². The molecule has 0 bridgehead atoms. The van der Waals surface area contributed by atoms with Gasteiger partial charge in [-0.1, -0.05) is 12.5 Å². The Labute approximate surface area is 121 Å². The Morgan fingerprint density at radius 1 is 1.45 bits per heavy atom. The summed E-state index contributed by atoms with van der Waals surface area (Å²) >= 11 is 0. The molecule has 1 fully saturated rings. The summed E-state index contributed by atoms with van der Waals surface area (Å²) in [5, 5.41) is 3.49. The van der Waals surface area contributed by atoms with Gasteiger partial charge in [-0.2, -0.15) is 0 Å². The molecule has 1 aliphatic heterocycles. The fourth-order valence-corrected chi connectivity index (χ4v) is 2.61. The lowest BCUT2D eigenvalue weighted by Gasteiger charge is -2.24. The maximum Gasteiger partial charge on any atom is 0.222 e. The number of rotatable bonds is 6. The predicted molar refractivity (Wildman–Crippen MR) is 80.5 cm³/mol. The molecule has 0 saturated carbocycles. The lowest BCUT2D eigenvalue weighted by molar-refractivity contribution is -0.130. The fraction of sp³-hybridized carbons (Fsp3) is 0.625. The van der Waals surface area contributed by atoms with Crippen molar-refractivity contribution >= 4 is 5.91 Å². The second-order valence-electron chi connectivity index (χ2n) is 5.57. The van der Waals surface area contributed by atoms with Crippen LogP contribution in [0, 0.1) is 0 Å². The highest BCUT2D eigenvalue weighted by atomic mass is 16.2. The van der Waals surface area contributed by atoms with Crippen LogP contribution >= 0.6 is 0 Å². The molecule has 0 radical (unpaired) electrons. The number of nitrogens with one attached hydrogen (secondary N) is 1. The van der Waals surface area contributed by atoms with Gasteiger partial charge < -0.3 is 10.2 Å². The highest BCUT2D eigenvalue weighted by Gasteiger charge is 2.15. The number of amides is 1. The van der Waals surface area contributed by atoms with Crippen molar-refractivity contribution < 1.29 is 4.79 Å². The molecule has 1 atom stereocenters. The van der Waals surface area contributed by atoms with Crippen LogP contribution in [0.2, 0.25) is 0 Å². The second-order valence-corrected chi connectivity index (χ2v) is 5.57. The molecule has 110 valence electrons. The maximum atomic E-state index is 12.1. The Hall–Kier alpha value is -1.42. The number of pyridine rings is 1. The molecule has 0 spiro atoms. The van der Waals surface area contributed by atoms with Crippen LogP contribution < -0.4 is 5.32 Å². The molecule has 2 heterocycles. The standard InChI is InChI=1S/C16H25N3O/c1-19(13-10-15-7-3-5-12-18-15)16(20)9-8-14-6-2-4-11-17-14/h3,5,7,12,14,17H,2,4,6,8-11,13H2,1H3. The highest BCUT2D eigenvalue weighted by molar-refractivity contribution is 5.75. The number of likely N-dealkylation sites (N-methyl/N-ethyl adjacent to an activating group) is 1. The van der Waals surface area contributed by atoms with Crippen LogP contribution in [0.15, 0.2) is 24.4 Å². The third kappa shape index (κ3) is 4.93. The summed E-state index contributed by atoms with van der Waals surface area (Å²) in [5.74, 6) is 0.244. The molecule has 1 N–H and O–H groups in total. The van der Waals surface area contributed by atoms with Crippen molar-refractivity contribution in [1.82, 2.24) is 15.2 Å². The van der Waals surface area contributed by atoms with E-state index in [1.807, 2.05) is 30.1 Å². The zero-order valence-corrected chi connectivity index (χ0v) is 12.3. The molecule has 1 aliphatic rings. The normalized spacial score (nSPS) is 18.8. The van der Waals surface area contributed by atoms with E-state index >= 15 is 0 Å². The van der Waals surface area contributed by atoms with Crippen molar-refractivity contribution in [2.75, 3.05) is 20.1 Å². The molecule has 1 amide bonds. The summed E-state index contributed by atoms with van der Waals surface area (Å²) in [7, 11) is 1.89. The van der Waals surface area contributed by atoms with Gasteiger partial charge in [0.1, 0.15) is 0 Å². The molecule has 4 nitrogen and oxygen atoms in total. The van der Waals surface area contributed by atoms with Crippen LogP contribution in [0.5, 0.6) is 0 Å². The third-order valence-corrected chi connectivity index (χ3v) is 3.97. The molecule has 0 aliphatic carbocycles. The molecule has 1 unspecified atom stereocenters. The van der Waals surface area contributed by atoms with Gasteiger partial charge in [0.15, 0.2) is 0 Å². The largest absolute Gasteiger partial charge is 0.345 e. The average Bonchev–Trinajstić information content (AvgIpc) is 2.52. The number of piperidine rings is 1. The Kier molecular flexibility index (Phi) is 5.99. The van der Waals surface area contributed by atoms with Gasteiger partial charge in [-0.15, -0.1) is 0 Å². The molecule has 0 aromatic carbocycles. The van der Waals surface area contributed by atoms with Crippen molar-refractivity contribution in [3.63, 3.8) is 0 Å². The zero-order valence-electron chi connectivity index (χ0n) is 12.3. The maximum absolute atomic E-state index is 12.1. The lowest BCUT2D eigenvalue weighted by atomic mass is 10.0. The Morgan fingerprint density at radius 2 is 2.35 bits per heavy atom. The molecular formula is C16H25N3O. The quantitative estimate of drug-likeness (QED) is 0.863. The topological polar surface area (TPSA) is 45.2 Å². The molecular weight excluding hydrogens is 250 g/mol. The molecule has 1 saturated heterocycles. The smallest absolute Gasteiger partial charge is 0.222 e. The Morgan fingerprint density at radius 3 is 3.05 bits per heavy atom. The van der Waals surface area contributed by atoms with Crippen molar-refractivity contribution in [2.45, 2.75) is 44.6 Å². The molecule has 1 aromatic heterocycles. The fourth-order valence-electron chi connectivity index (χ4n) is 2.61. The van der Waals surface area contributed by atoms with E-state index < -0.39 is 0 Å². The van der Waals surface area contributed by atoms with Crippen LogP contribution in [0.3, 0.4) is 0 Å². The molecule has 1 aromatic rings. The lowest BCUT2D eigenvalue weighted by Crippen LogP contribution is -2.36. The third-order valence-electron chi connectivity index (χ3n) is 3.97. The minimum absolute atomic E-state index is 0.244. The minimum atomic E-state index is 0.244. The van der Waals surface area contributed by atoms with Crippen molar-refractivity contribution in [2.24, 2.45) is 0 Å². The first-order valence-electron chi connectivity index (χ1n) is 7.63. The first kappa shape index (κ1) is 15.0. The van der Waals surface area contributed by atoms with Crippen LogP contribution in [-0.4, -0.2) is 42.0 Å². The SMILES string of the molecule is CN(CCc1ccccn1)C(=O)CCC1CCCCN1. The van der Waals surface area contributed by atoms with E-state index in [-0.39, 0.29) is 5.91 Å². The van der Waals surface area contributed by atoms with E-state index in [4.69, 9.17) is 0 Å². The first-order valence-corrected chi connectivity index (χ1v) is 7.63. The van der Waals surface area contributed by atoms with Gasteiger partial charge in [0.05, 0.1) is 0 Å². The van der Waals surface area contributed by atoms with E-state index in [0.717, 1.165) is 31.6 Å². The molecule has 20 heavy (non-hydrogen) atoms. The summed E-state index contributed by atoms with van der Waals surface area (Å²) in [6, 6.07) is 6.44. The van der Waals surface area contributed by atoms with Crippen LogP contribution in [0.4, 0.5) is 0 Å². The number of hydrogen-bond donors (Lipinski definition) is 1. The summed E-state index contributed by atoms with van der Waals surface area (Å²) in [5.41, 5.74) is 1.04. The number of hydrogen-bond acceptors (Lipinski definition) is 3. The van der Waals surface area contributed by atoms with E-state index in [9.17, 15) is 4.79 Å². The van der Waals surface area contributed by atoms with Gasteiger partial charge in [0, 0.05) is 44.4 Å². The van der Waals surface area contributed by atoms with Crippen molar-refractivity contribution in [3.8, 4) is 0 Å². The van der Waals surface area contributed by atoms with E-state index in [1.54, 1.807) is 6.20 Å². The van der Waals surface area contributed by atoms with Gasteiger partial charge in [-0.3, -0.25) is 9.78 Å². The van der Waals surface area contributed by atoms with E-state index in [1.165, 1.54) is 19.3 Å². The van der Waals surface area contributed by atoms with Gasteiger partial charge in [-0.25, -0.2) is 0 Å². The zero-order chi connectivity index (χ0) is 14.2. The van der Waals surface area contributed by atoms with Crippen LogP contribution in [0.1, 0.15) is 37.8 Å². The number of aromatic nitrogens is 1. The summed E-state index contributed by atoms with van der Waals surface area (Å²) in [4.78, 5) is 18.2. The first-order chi connectivity index (χ1) is 9.75. The van der Waals surface area contributed by atoms with Crippen molar-refractivity contribution in [3.05, 3.63) is 30.1 Å². The van der Waals surface area contributed by atoms with E-state index in [0.29, 0.717) is 12.5 Å². The van der Waals surface area contributed by atoms with Crippen molar-refractivity contribution in [1.29, 1.82) is 0 Å². The summed E-state index contributed by atoms with van der Waals surface area (Å²) in [6.07, 6.45) is 8.01. The summed E-state index contributed by atoms with van der Waals surface area (Å²) in [6.45, 7) is 1.85. The number of carbonyl (C=O) groups is 1. The Balaban J connectivity index is 1.66. The Bertz CT molecular complexity index is 401. The summed E-state index contributed by atoms with van der Waals surface area (Å²) < 4.78 is 0. The molecule has 2 rings (SSSR count). The second kappa shape index (κ2) is 8.00.